The maximum absolute atomic E-state index is 14.7. The lowest BCUT2D eigenvalue weighted by Gasteiger charge is -2.44. The van der Waals surface area contributed by atoms with Crippen molar-refractivity contribution >= 4 is 5.97 Å². The zero-order chi connectivity index (χ0) is 18.9. The Hall–Kier alpha value is -3.12. The summed E-state index contributed by atoms with van der Waals surface area (Å²) in [6.45, 7) is 0. The molecule has 26 heavy (non-hydrogen) atoms. The molecule has 1 aromatic carbocycles. The van der Waals surface area contributed by atoms with Crippen molar-refractivity contribution in [3.05, 3.63) is 58.6 Å². The summed E-state index contributed by atoms with van der Waals surface area (Å²) >= 11 is 0. The minimum absolute atomic E-state index is 0.134. The molecule has 2 aliphatic carbocycles. The van der Waals surface area contributed by atoms with E-state index < -0.39 is 23.1 Å². The molecule has 6 heteroatoms. The highest BCUT2D eigenvalue weighted by molar-refractivity contribution is 5.87. The lowest BCUT2D eigenvalue weighted by Crippen LogP contribution is -2.49. The standard InChI is InChI=1S/C20H18FN3O2/c1-26-19(25)20(11-23)17(14-8-4-5-9-16(14)21)13-7-3-2-6-12(13)15(10-22)18(20)24/h4-6,8-9,13,17H,2-3,7,24H2,1H3/t13-,17+,20+/m1/s1. The Bertz CT molecular complexity index is 906. The van der Waals surface area contributed by atoms with Crippen LogP contribution in [-0.2, 0) is 9.53 Å². The van der Waals surface area contributed by atoms with Crippen molar-refractivity contribution in [2.45, 2.75) is 25.2 Å². The monoisotopic (exact) mass is 351 g/mol. The van der Waals surface area contributed by atoms with Crippen molar-refractivity contribution in [2.75, 3.05) is 7.11 Å². The average molecular weight is 351 g/mol. The van der Waals surface area contributed by atoms with Crippen molar-refractivity contribution in [1.82, 2.24) is 0 Å². The third kappa shape index (κ3) is 2.30. The summed E-state index contributed by atoms with van der Waals surface area (Å²) in [5.74, 6) is -2.60. The smallest absolute Gasteiger partial charge is 0.333 e. The molecule has 0 spiro atoms. The first-order valence-corrected chi connectivity index (χ1v) is 8.37. The van der Waals surface area contributed by atoms with Gasteiger partial charge in [0.1, 0.15) is 11.9 Å². The molecule has 0 fully saturated rings. The molecule has 5 nitrogen and oxygen atoms in total. The van der Waals surface area contributed by atoms with E-state index in [0.29, 0.717) is 12.0 Å². The van der Waals surface area contributed by atoms with Crippen LogP contribution < -0.4 is 5.73 Å². The van der Waals surface area contributed by atoms with Gasteiger partial charge in [-0.2, -0.15) is 10.5 Å². The molecule has 0 aliphatic heterocycles. The number of fused-ring (bicyclic) bond motifs is 1. The summed E-state index contributed by atoms with van der Waals surface area (Å²) in [5.41, 5.74) is 5.17. The zero-order valence-electron chi connectivity index (χ0n) is 14.3. The lowest BCUT2D eigenvalue weighted by molar-refractivity contribution is -0.149. The average Bonchev–Trinajstić information content (AvgIpc) is 2.67. The normalized spacial score (nSPS) is 27.6. The Morgan fingerprint density at radius 2 is 2.12 bits per heavy atom. The summed E-state index contributed by atoms with van der Waals surface area (Å²) in [5, 5.41) is 19.7. The molecule has 0 amide bonds. The molecule has 3 rings (SSSR count). The number of methoxy groups -OCH3 is 1. The number of halogens is 1. The van der Waals surface area contributed by atoms with Crippen LogP contribution >= 0.6 is 0 Å². The molecule has 3 atom stereocenters. The molecule has 0 unspecified atom stereocenters. The van der Waals surface area contributed by atoms with Crippen LogP contribution in [0.25, 0.3) is 0 Å². The Morgan fingerprint density at radius 3 is 2.73 bits per heavy atom. The molecular formula is C20H18FN3O2. The Morgan fingerprint density at radius 1 is 1.38 bits per heavy atom. The van der Waals surface area contributed by atoms with Gasteiger partial charge in [-0.15, -0.1) is 0 Å². The maximum Gasteiger partial charge on any atom is 0.333 e. The maximum atomic E-state index is 14.7. The molecule has 0 saturated heterocycles. The first-order chi connectivity index (χ1) is 12.5. The van der Waals surface area contributed by atoms with Gasteiger partial charge in [0.25, 0.3) is 0 Å². The van der Waals surface area contributed by atoms with Gasteiger partial charge in [0.2, 0.25) is 5.41 Å². The number of carbonyl (C=O) groups excluding carboxylic acids is 1. The molecule has 2 aliphatic rings. The van der Waals surface area contributed by atoms with Gasteiger partial charge in [-0.3, -0.25) is 0 Å². The summed E-state index contributed by atoms with van der Waals surface area (Å²) in [7, 11) is 1.16. The van der Waals surface area contributed by atoms with Crippen molar-refractivity contribution in [1.29, 1.82) is 10.5 Å². The van der Waals surface area contributed by atoms with Crippen LogP contribution in [0.4, 0.5) is 4.39 Å². The van der Waals surface area contributed by atoms with Crippen LogP contribution in [0.15, 0.2) is 47.2 Å². The molecule has 0 heterocycles. The number of nitriles is 2. The molecule has 1 aromatic rings. The van der Waals surface area contributed by atoms with E-state index in [1.54, 1.807) is 18.2 Å². The second kappa shape index (κ2) is 6.65. The molecule has 0 aromatic heterocycles. The number of hydrogen-bond acceptors (Lipinski definition) is 5. The summed E-state index contributed by atoms with van der Waals surface area (Å²) in [6, 6.07) is 10.1. The van der Waals surface area contributed by atoms with Gasteiger partial charge < -0.3 is 10.5 Å². The van der Waals surface area contributed by atoms with E-state index in [2.05, 4.69) is 0 Å². The highest BCUT2D eigenvalue weighted by atomic mass is 19.1. The number of ether oxygens (including phenoxy) is 1. The van der Waals surface area contributed by atoms with Gasteiger partial charge in [0.05, 0.1) is 24.4 Å². The zero-order valence-corrected chi connectivity index (χ0v) is 14.3. The summed E-state index contributed by atoms with van der Waals surface area (Å²) < 4.78 is 19.6. The largest absolute Gasteiger partial charge is 0.468 e. The second-order valence-electron chi connectivity index (χ2n) is 6.51. The fourth-order valence-electron chi connectivity index (χ4n) is 4.23. The Balaban J connectivity index is 2.40. The Kier molecular flexibility index (Phi) is 4.52. The Labute approximate surface area is 151 Å². The fourth-order valence-corrected chi connectivity index (χ4v) is 4.23. The topological polar surface area (TPSA) is 99.9 Å². The van der Waals surface area contributed by atoms with Crippen LogP contribution in [0.3, 0.4) is 0 Å². The minimum Gasteiger partial charge on any atom is -0.468 e. The van der Waals surface area contributed by atoms with E-state index in [1.807, 2.05) is 18.2 Å². The van der Waals surface area contributed by atoms with Gasteiger partial charge in [-0.1, -0.05) is 24.3 Å². The number of allylic oxidation sites excluding steroid dienone is 3. The van der Waals surface area contributed by atoms with E-state index in [4.69, 9.17) is 10.5 Å². The predicted molar refractivity (Wildman–Crippen MR) is 91.5 cm³/mol. The number of carbonyl (C=O) groups is 1. The van der Waals surface area contributed by atoms with E-state index in [0.717, 1.165) is 20.0 Å². The molecular weight excluding hydrogens is 333 g/mol. The number of esters is 1. The molecule has 0 radical (unpaired) electrons. The highest BCUT2D eigenvalue weighted by Gasteiger charge is 2.59. The van der Waals surface area contributed by atoms with Gasteiger partial charge in [-0.05, 0) is 42.4 Å². The van der Waals surface area contributed by atoms with E-state index in [1.165, 1.54) is 6.07 Å². The van der Waals surface area contributed by atoms with Crippen molar-refractivity contribution in [3.8, 4) is 12.1 Å². The lowest BCUT2D eigenvalue weighted by atomic mass is 9.56. The third-order valence-electron chi connectivity index (χ3n) is 5.37. The van der Waals surface area contributed by atoms with Crippen LogP contribution in [0, 0.1) is 39.8 Å². The number of hydrogen-bond donors (Lipinski definition) is 1. The SMILES string of the molecule is COC(=O)[C@]1(C#N)C(N)=C(C#N)C2=CCCC[C@H]2[C@H]1c1ccccc1F. The quantitative estimate of drug-likeness (QED) is 0.825. The van der Waals surface area contributed by atoms with Crippen LogP contribution in [-0.4, -0.2) is 13.1 Å². The first kappa shape index (κ1) is 17.7. The van der Waals surface area contributed by atoms with Crippen molar-refractivity contribution in [2.24, 2.45) is 17.1 Å². The van der Waals surface area contributed by atoms with Crippen molar-refractivity contribution in [3.63, 3.8) is 0 Å². The van der Waals surface area contributed by atoms with Gasteiger partial charge in [0, 0.05) is 5.92 Å². The second-order valence-corrected chi connectivity index (χ2v) is 6.51. The van der Waals surface area contributed by atoms with Crippen LogP contribution in [0.1, 0.15) is 30.7 Å². The molecule has 2 N–H and O–H groups in total. The molecule has 132 valence electrons. The highest BCUT2D eigenvalue weighted by Crippen LogP contribution is 2.56. The number of nitrogens with zero attached hydrogens (tertiary/aromatic N) is 2. The summed E-state index contributed by atoms with van der Waals surface area (Å²) in [6.07, 6.45) is 4.13. The molecule has 0 bridgehead atoms. The van der Waals surface area contributed by atoms with Gasteiger partial charge in [-0.25, -0.2) is 9.18 Å². The third-order valence-corrected chi connectivity index (χ3v) is 5.37. The van der Waals surface area contributed by atoms with Crippen LogP contribution in [0.5, 0.6) is 0 Å². The predicted octanol–water partition coefficient (Wildman–Crippen LogP) is 3.07. The number of rotatable bonds is 2. The first-order valence-electron chi connectivity index (χ1n) is 8.37. The van der Waals surface area contributed by atoms with Gasteiger partial charge >= 0.3 is 5.97 Å². The van der Waals surface area contributed by atoms with E-state index in [9.17, 15) is 19.7 Å². The molecule has 0 saturated carbocycles. The number of nitrogens with two attached hydrogens (primary N) is 1. The number of benzene rings is 1. The summed E-state index contributed by atoms with van der Waals surface area (Å²) in [4.78, 5) is 12.8. The van der Waals surface area contributed by atoms with Gasteiger partial charge in [0.15, 0.2) is 0 Å². The van der Waals surface area contributed by atoms with E-state index in [-0.39, 0.29) is 22.8 Å². The van der Waals surface area contributed by atoms with Crippen molar-refractivity contribution < 1.29 is 13.9 Å². The van der Waals surface area contributed by atoms with E-state index >= 15 is 0 Å². The van der Waals surface area contributed by atoms with Crippen LogP contribution in [0.2, 0.25) is 0 Å². The minimum atomic E-state index is -1.94. The fraction of sp³-hybridized carbons (Fsp3) is 0.350.